The lowest BCUT2D eigenvalue weighted by Crippen LogP contribution is -2.25. The SMILES string of the molecule is CCCC1CCCN(c2cccc(Cl)c2CBr)CC1. The highest BCUT2D eigenvalue weighted by molar-refractivity contribution is 9.08. The standard InChI is InChI=1S/C16H23BrClN/c1-2-5-13-6-4-10-19(11-9-13)16-8-3-7-15(18)14(16)12-17/h3,7-8,13H,2,4-6,9-12H2,1H3. The summed E-state index contributed by atoms with van der Waals surface area (Å²) in [5, 5.41) is 1.71. The van der Waals surface area contributed by atoms with Crippen molar-refractivity contribution in [3.8, 4) is 0 Å². The van der Waals surface area contributed by atoms with Crippen LogP contribution in [0, 0.1) is 5.92 Å². The van der Waals surface area contributed by atoms with Crippen LogP contribution in [0.15, 0.2) is 18.2 Å². The second-order valence-corrected chi connectivity index (χ2v) is 6.41. The number of rotatable bonds is 4. The highest BCUT2D eigenvalue weighted by Gasteiger charge is 2.19. The fourth-order valence-corrected chi connectivity index (χ4v) is 4.07. The van der Waals surface area contributed by atoms with Gasteiger partial charge in [-0.1, -0.05) is 53.4 Å². The van der Waals surface area contributed by atoms with E-state index in [9.17, 15) is 0 Å². The maximum atomic E-state index is 6.31. The van der Waals surface area contributed by atoms with Crippen molar-refractivity contribution in [2.24, 2.45) is 5.92 Å². The zero-order valence-corrected chi connectivity index (χ0v) is 14.0. The lowest BCUT2D eigenvalue weighted by atomic mass is 9.96. The summed E-state index contributed by atoms with van der Waals surface area (Å²) in [7, 11) is 0. The molecule has 1 fully saturated rings. The number of alkyl halides is 1. The molecule has 1 aliphatic rings. The number of hydrogen-bond acceptors (Lipinski definition) is 1. The minimum absolute atomic E-state index is 0.830. The van der Waals surface area contributed by atoms with Crippen molar-refractivity contribution in [3.05, 3.63) is 28.8 Å². The largest absolute Gasteiger partial charge is 0.371 e. The van der Waals surface area contributed by atoms with Gasteiger partial charge in [-0.25, -0.2) is 0 Å². The number of hydrogen-bond donors (Lipinski definition) is 0. The van der Waals surface area contributed by atoms with Gasteiger partial charge in [0, 0.05) is 34.7 Å². The average Bonchev–Trinajstić information content (AvgIpc) is 2.64. The molecule has 0 amide bonds. The van der Waals surface area contributed by atoms with Gasteiger partial charge in [-0.15, -0.1) is 0 Å². The highest BCUT2D eigenvalue weighted by atomic mass is 79.9. The molecule has 0 bridgehead atoms. The van der Waals surface area contributed by atoms with Crippen molar-refractivity contribution < 1.29 is 0 Å². The molecule has 1 heterocycles. The van der Waals surface area contributed by atoms with Gasteiger partial charge in [0.05, 0.1) is 0 Å². The zero-order chi connectivity index (χ0) is 13.7. The Morgan fingerprint density at radius 3 is 2.89 bits per heavy atom. The molecule has 1 aromatic rings. The summed E-state index contributed by atoms with van der Waals surface area (Å²) in [6.07, 6.45) is 6.71. The number of anilines is 1. The lowest BCUT2D eigenvalue weighted by Gasteiger charge is -2.25. The minimum Gasteiger partial charge on any atom is -0.371 e. The van der Waals surface area contributed by atoms with Crippen molar-refractivity contribution >= 4 is 33.2 Å². The number of benzene rings is 1. The third-order valence-corrected chi connectivity index (χ3v) is 5.03. The van der Waals surface area contributed by atoms with Crippen LogP contribution in [-0.4, -0.2) is 13.1 Å². The van der Waals surface area contributed by atoms with Gasteiger partial charge in [0.25, 0.3) is 0 Å². The minimum atomic E-state index is 0.830. The van der Waals surface area contributed by atoms with E-state index in [-0.39, 0.29) is 0 Å². The quantitative estimate of drug-likeness (QED) is 0.639. The van der Waals surface area contributed by atoms with Crippen molar-refractivity contribution in [1.82, 2.24) is 0 Å². The zero-order valence-electron chi connectivity index (χ0n) is 11.7. The molecule has 1 aliphatic heterocycles. The fraction of sp³-hybridized carbons (Fsp3) is 0.625. The van der Waals surface area contributed by atoms with Crippen LogP contribution in [0.1, 0.15) is 44.6 Å². The molecule has 1 saturated heterocycles. The van der Waals surface area contributed by atoms with E-state index in [2.05, 4.69) is 39.9 Å². The van der Waals surface area contributed by atoms with Crippen molar-refractivity contribution in [1.29, 1.82) is 0 Å². The first kappa shape index (κ1) is 15.2. The lowest BCUT2D eigenvalue weighted by molar-refractivity contribution is 0.435. The van der Waals surface area contributed by atoms with Crippen LogP contribution >= 0.6 is 27.5 Å². The van der Waals surface area contributed by atoms with Crippen LogP contribution in [0.4, 0.5) is 5.69 Å². The van der Waals surface area contributed by atoms with Crippen LogP contribution in [0.2, 0.25) is 5.02 Å². The van der Waals surface area contributed by atoms with Gasteiger partial charge >= 0.3 is 0 Å². The van der Waals surface area contributed by atoms with Crippen molar-refractivity contribution in [2.75, 3.05) is 18.0 Å². The Hall–Kier alpha value is -0.210. The van der Waals surface area contributed by atoms with Crippen LogP contribution in [0.3, 0.4) is 0 Å². The first-order valence-electron chi connectivity index (χ1n) is 7.34. The molecule has 1 nitrogen and oxygen atoms in total. The van der Waals surface area contributed by atoms with Gasteiger partial charge in [0.2, 0.25) is 0 Å². The van der Waals surface area contributed by atoms with Crippen LogP contribution in [-0.2, 0) is 5.33 Å². The molecule has 1 atom stereocenters. The summed E-state index contributed by atoms with van der Waals surface area (Å²) < 4.78 is 0. The van der Waals surface area contributed by atoms with Crippen molar-refractivity contribution in [3.63, 3.8) is 0 Å². The number of nitrogens with zero attached hydrogens (tertiary/aromatic N) is 1. The monoisotopic (exact) mass is 343 g/mol. The molecule has 106 valence electrons. The predicted octanol–water partition coefficient (Wildman–Crippen LogP) is 5.64. The van der Waals surface area contributed by atoms with E-state index in [1.807, 2.05) is 6.07 Å². The van der Waals surface area contributed by atoms with E-state index >= 15 is 0 Å². The van der Waals surface area contributed by atoms with E-state index in [0.717, 1.165) is 16.3 Å². The Morgan fingerprint density at radius 1 is 1.32 bits per heavy atom. The predicted molar refractivity (Wildman–Crippen MR) is 88.5 cm³/mol. The summed E-state index contributed by atoms with van der Waals surface area (Å²) in [6.45, 7) is 4.63. The summed E-state index contributed by atoms with van der Waals surface area (Å²) in [4.78, 5) is 2.53. The second-order valence-electron chi connectivity index (χ2n) is 5.44. The van der Waals surface area contributed by atoms with Gasteiger partial charge in [-0.2, -0.15) is 0 Å². The molecular formula is C16H23BrClN. The van der Waals surface area contributed by atoms with Crippen LogP contribution in [0.5, 0.6) is 0 Å². The van der Waals surface area contributed by atoms with Crippen molar-refractivity contribution in [2.45, 2.75) is 44.4 Å². The first-order valence-corrected chi connectivity index (χ1v) is 8.84. The maximum absolute atomic E-state index is 6.31. The summed E-state index contributed by atoms with van der Waals surface area (Å²) in [5.74, 6) is 0.918. The maximum Gasteiger partial charge on any atom is 0.0467 e. The first-order chi connectivity index (χ1) is 9.26. The summed E-state index contributed by atoms with van der Waals surface area (Å²) in [6, 6.07) is 6.26. The molecule has 2 rings (SSSR count). The Balaban J connectivity index is 2.12. The molecule has 0 aromatic heterocycles. The third-order valence-electron chi connectivity index (χ3n) is 4.11. The van der Waals surface area contributed by atoms with Gasteiger partial charge in [0.15, 0.2) is 0 Å². The molecule has 1 aromatic carbocycles. The Morgan fingerprint density at radius 2 is 2.16 bits per heavy atom. The van der Waals surface area contributed by atoms with Gasteiger partial charge < -0.3 is 4.90 Å². The molecule has 0 N–H and O–H groups in total. The molecule has 0 saturated carbocycles. The summed E-state index contributed by atoms with van der Waals surface area (Å²) in [5.41, 5.74) is 2.56. The van der Waals surface area contributed by atoms with Gasteiger partial charge in [0.1, 0.15) is 0 Å². The fourth-order valence-electron chi connectivity index (χ4n) is 3.08. The second kappa shape index (κ2) is 7.54. The summed E-state index contributed by atoms with van der Waals surface area (Å²) >= 11 is 9.88. The Labute approximate surface area is 130 Å². The molecule has 0 radical (unpaired) electrons. The van der Waals surface area contributed by atoms with E-state index in [1.165, 1.54) is 56.4 Å². The molecule has 3 heteroatoms. The molecule has 1 unspecified atom stereocenters. The Bertz CT molecular complexity index is 408. The third kappa shape index (κ3) is 3.88. The van der Waals surface area contributed by atoms with Crippen LogP contribution < -0.4 is 4.90 Å². The highest BCUT2D eigenvalue weighted by Crippen LogP contribution is 2.32. The Kier molecular flexibility index (Phi) is 6.03. The van der Waals surface area contributed by atoms with E-state index in [1.54, 1.807) is 0 Å². The molecular weight excluding hydrogens is 322 g/mol. The van der Waals surface area contributed by atoms with E-state index in [0.29, 0.717) is 0 Å². The molecule has 0 aliphatic carbocycles. The average molecular weight is 345 g/mol. The van der Waals surface area contributed by atoms with E-state index in [4.69, 9.17) is 11.6 Å². The normalized spacial score (nSPS) is 20.4. The van der Waals surface area contributed by atoms with Crippen LogP contribution in [0.25, 0.3) is 0 Å². The molecule has 19 heavy (non-hydrogen) atoms. The van der Waals surface area contributed by atoms with Gasteiger partial charge in [-0.3, -0.25) is 0 Å². The molecule has 0 spiro atoms. The smallest absolute Gasteiger partial charge is 0.0467 e. The topological polar surface area (TPSA) is 3.24 Å². The van der Waals surface area contributed by atoms with Gasteiger partial charge in [-0.05, 0) is 37.3 Å². The number of halogens is 2. The van der Waals surface area contributed by atoms with E-state index < -0.39 is 0 Å².